The molecule has 0 bridgehead atoms. The van der Waals surface area contributed by atoms with E-state index in [1.54, 1.807) is 15.6 Å². The maximum Gasteiger partial charge on any atom is 0.327 e. The number of methoxy groups -OCH3 is 1. The van der Waals surface area contributed by atoms with Crippen molar-refractivity contribution in [3.8, 4) is 5.69 Å². The second-order valence-corrected chi connectivity index (χ2v) is 8.45. The Morgan fingerprint density at radius 2 is 1.67 bits per heavy atom. The molecule has 9 heteroatoms. The molecule has 1 saturated heterocycles. The fourth-order valence-corrected chi connectivity index (χ4v) is 4.31. The molecule has 0 spiro atoms. The molecule has 2 aromatic carbocycles. The third kappa shape index (κ3) is 4.62. The van der Waals surface area contributed by atoms with Crippen molar-refractivity contribution in [2.45, 2.75) is 19.9 Å². The Balaban J connectivity index is 1.48. The van der Waals surface area contributed by atoms with Crippen molar-refractivity contribution in [2.24, 2.45) is 0 Å². The van der Waals surface area contributed by atoms with E-state index in [1.165, 1.54) is 7.11 Å². The molecule has 1 unspecified atom stereocenters. The molecule has 3 aromatic rings. The van der Waals surface area contributed by atoms with Crippen LogP contribution >= 0.6 is 11.6 Å². The molecule has 8 nitrogen and oxygen atoms in total. The average molecular weight is 468 g/mol. The topological polar surface area (TPSA) is 80.6 Å². The van der Waals surface area contributed by atoms with Crippen molar-refractivity contribution >= 4 is 23.5 Å². The molecule has 1 aliphatic heterocycles. The number of aromatic nitrogens is 3. The Morgan fingerprint density at radius 3 is 2.30 bits per heavy atom. The predicted octanol–water partition coefficient (Wildman–Crippen LogP) is 3.21. The van der Waals surface area contributed by atoms with E-state index in [0.29, 0.717) is 48.2 Å². The first-order valence-corrected chi connectivity index (χ1v) is 11.1. The summed E-state index contributed by atoms with van der Waals surface area (Å²) in [5.74, 6) is -0.544. The van der Waals surface area contributed by atoms with Gasteiger partial charge in [-0.15, -0.1) is 5.10 Å². The van der Waals surface area contributed by atoms with E-state index in [2.05, 4.69) is 10.3 Å². The minimum absolute atomic E-state index is 0.169. The molecule has 172 valence electrons. The summed E-state index contributed by atoms with van der Waals surface area (Å²) in [7, 11) is 1.37. The van der Waals surface area contributed by atoms with E-state index in [0.717, 1.165) is 11.3 Å². The molecule has 1 aliphatic rings. The maximum atomic E-state index is 13.2. The molecule has 0 aliphatic carbocycles. The van der Waals surface area contributed by atoms with Gasteiger partial charge in [0.2, 0.25) is 0 Å². The van der Waals surface area contributed by atoms with Crippen LogP contribution in [0.1, 0.15) is 33.4 Å². The van der Waals surface area contributed by atoms with Gasteiger partial charge in [-0.05, 0) is 37.6 Å². The average Bonchev–Trinajstić information content (AvgIpc) is 3.22. The van der Waals surface area contributed by atoms with Crippen LogP contribution in [0.2, 0.25) is 5.02 Å². The highest BCUT2D eigenvalue weighted by Crippen LogP contribution is 2.29. The summed E-state index contributed by atoms with van der Waals surface area (Å²) in [6.07, 6.45) is 0. The summed E-state index contributed by atoms with van der Waals surface area (Å²) in [5, 5.41) is 8.86. The van der Waals surface area contributed by atoms with Crippen LogP contribution in [0.15, 0.2) is 48.5 Å². The molecular weight excluding hydrogens is 442 g/mol. The van der Waals surface area contributed by atoms with Gasteiger partial charge in [-0.3, -0.25) is 9.69 Å². The highest BCUT2D eigenvalue weighted by atomic mass is 35.5. The van der Waals surface area contributed by atoms with Crippen LogP contribution in [0.5, 0.6) is 0 Å². The van der Waals surface area contributed by atoms with Crippen LogP contribution in [-0.4, -0.2) is 70.0 Å². The van der Waals surface area contributed by atoms with Gasteiger partial charge in [0.05, 0.1) is 18.5 Å². The van der Waals surface area contributed by atoms with E-state index in [4.69, 9.17) is 16.3 Å². The first-order valence-electron chi connectivity index (χ1n) is 10.8. The molecule has 1 fully saturated rings. The molecule has 1 atom stereocenters. The summed E-state index contributed by atoms with van der Waals surface area (Å²) in [5.41, 5.74) is 3.72. The van der Waals surface area contributed by atoms with Crippen molar-refractivity contribution in [3.63, 3.8) is 0 Å². The maximum absolute atomic E-state index is 13.2. The minimum atomic E-state index is -0.620. The monoisotopic (exact) mass is 467 g/mol. The van der Waals surface area contributed by atoms with E-state index >= 15 is 0 Å². The number of halogens is 1. The number of hydrogen-bond acceptors (Lipinski definition) is 6. The molecule has 0 N–H and O–H groups in total. The third-order valence-electron chi connectivity index (χ3n) is 5.97. The number of ether oxygens (including phenoxy) is 1. The van der Waals surface area contributed by atoms with Gasteiger partial charge in [0.15, 0.2) is 5.69 Å². The molecule has 4 rings (SSSR count). The Bertz CT molecular complexity index is 1150. The lowest BCUT2D eigenvalue weighted by molar-refractivity contribution is -0.148. The molecule has 1 aromatic heterocycles. The number of benzene rings is 2. The van der Waals surface area contributed by atoms with Crippen molar-refractivity contribution in [1.82, 2.24) is 24.8 Å². The quantitative estimate of drug-likeness (QED) is 0.536. The zero-order valence-electron chi connectivity index (χ0n) is 18.9. The van der Waals surface area contributed by atoms with E-state index in [1.807, 2.05) is 61.2 Å². The van der Waals surface area contributed by atoms with Crippen LogP contribution in [0.25, 0.3) is 5.69 Å². The number of hydrogen-bond donors (Lipinski definition) is 0. The van der Waals surface area contributed by atoms with Crippen molar-refractivity contribution < 1.29 is 14.3 Å². The van der Waals surface area contributed by atoms with Crippen molar-refractivity contribution in [3.05, 3.63) is 76.1 Å². The second-order valence-electron chi connectivity index (χ2n) is 8.05. The summed E-state index contributed by atoms with van der Waals surface area (Å²) in [6, 6.07) is 14.5. The van der Waals surface area contributed by atoms with Gasteiger partial charge >= 0.3 is 5.97 Å². The standard InChI is InChI=1S/C24H26ClN5O3/c1-16-8-10-18(11-9-16)30-17(2)21(26-27-30)23(31)29-14-12-28(13-15-29)22(24(32)33-3)19-6-4-5-7-20(19)25/h4-11,22H,12-15H2,1-3H3. The fraction of sp³-hybridized carbons (Fsp3) is 0.333. The van der Waals surface area contributed by atoms with Crippen LogP contribution in [0.4, 0.5) is 0 Å². The van der Waals surface area contributed by atoms with Crippen LogP contribution in [-0.2, 0) is 9.53 Å². The Labute approximate surface area is 197 Å². The fourth-order valence-electron chi connectivity index (χ4n) is 4.07. The number of aryl methyl sites for hydroxylation is 1. The third-order valence-corrected chi connectivity index (χ3v) is 6.31. The Morgan fingerprint density at radius 1 is 1.00 bits per heavy atom. The number of piperazine rings is 1. The lowest BCUT2D eigenvalue weighted by atomic mass is 10.0. The highest BCUT2D eigenvalue weighted by molar-refractivity contribution is 6.31. The van der Waals surface area contributed by atoms with Crippen molar-refractivity contribution in [1.29, 1.82) is 0 Å². The van der Waals surface area contributed by atoms with Gasteiger partial charge in [-0.2, -0.15) is 0 Å². The molecular formula is C24H26ClN5O3. The normalized spacial score (nSPS) is 15.3. The largest absolute Gasteiger partial charge is 0.468 e. The molecule has 2 heterocycles. The molecule has 33 heavy (non-hydrogen) atoms. The van der Waals surface area contributed by atoms with Gasteiger partial charge in [0.1, 0.15) is 6.04 Å². The predicted molar refractivity (Wildman–Crippen MR) is 125 cm³/mol. The van der Waals surface area contributed by atoms with Crippen LogP contribution < -0.4 is 0 Å². The number of carbonyl (C=O) groups excluding carboxylic acids is 2. The lowest BCUT2D eigenvalue weighted by Crippen LogP contribution is -2.51. The Hall–Kier alpha value is -3.23. The first-order chi connectivity index (χ1) is 15.9. The van der Waals surface area contributed by atoms with Crippen LogP contribution in [0.3, 0.4) is 0 Å². The highest BCUT2D eigenvalue weighted by Gasteiger charge is 2.34. The van der Waals surface area contributed by atoms with Crippen molar-refractivity contribution in [2.75, 3.05) is 33.3 Å². The van der Waals surface area contributed by atoms with E-state index in [9.17, 15) is 9.59 Å². The Kier molecular flexibility index (Phi) is 6.76. The number of nitrogens with zero attached hydrogens (tertiary/aromatic N) is 5. The van der Waals surface area contributed by atoms with Gasteiger partial charge in [0, 0.05) is 31.2 Å². The van der Waals surface area contributed by atoms with Gasteiger partial charge in [-0.25, -0.2) is 9.48 Å². The second kappa shape index (κ2) is 9.72. The first kappa shape index (κ1) is 22.9. The number of rotatable bonds is 5. The van der Waals surface area contributed by atoms with E-state index < -0.39 is 6.04 Å². The number of carbonyl (C=O) groups is 2. The van der Waals surface area contributed by atoms with Gasteiger partial charge in [0.25, 0.3) is 5.91 Å². The summed E-state index contributed by atoms with van der Waals surface area (Å²) >= 11 is 6.36. The molecule has 0 saturated carbocycles. The summed E-state index contributed by atoms with van der Waals surface area (Å²) in [4.78, 5) is 29.5. The van der Waals surface area contributed by atoms with Gasteiger partial charge in [-0.1, -0.05) is 52.7 Å². The zero-order valence-corrected chi connectivity index (χ0v) is 19.6. The summed E-state index contributed by atoms with van der Waals surface area (Å²) < 4.78 is 6.72. The smallest absolute Gasteiger partial charge is 0.327 e. The molecule has 1 amide bonds. The SMILES string of the molecule is COC(=O)C(c1ccccc1Cl)N1CCN(C(=O)c2nnn(-c3ccc(C)cc3)c2C)CC1. The number of amides is 1. The van der Waals surface area contributed by atoms with Gasteiger partial charge < -0.3 is 9.64 Å². The zero-order chi connectivity index (χ0) is 23.5. The van der Waals surface area contributed by atoms with E-state index in [-0.39, 0.29) is 11.9 Å². The summed E-state index contributed by atoms with van der Waals surface area (Å²) in [6.45, 7) is 5.77. The van der Waals surface area contributed by atoms with Crippen LogP contribution in [0, 0.1) is 13.8 Å². The minimum Gasteiger partial charge on any atom is -0.468 e. The molecule has 0 radical (unpaired) electrons. The number of esters is 1. The lowest BCUT2D eigenvalue weighted by Gasteiger charge is -2.38.